The van der Waals surface area contributed by atoms with E-state index < -0.39 is 15.1 Å². The predicted molar refractivity (Wildman–Crippen MR) is 171 cm³/mol. The molecule has 42 heavy (non-hydrogen) atoms. The maximum atomic E-state index is 11.8. The molecule has 0 bridgehead atoms. The van der Waals surface area contributed by atoms with E-state index in [0.29, 0.717) is 19.4 Å². The Morgan fingerprint density at radius 2 is 1.74 bits per heavy atom. The average Bonchev–Trinajstić information content (AvgIpc) is 3.28. The van der Waals surface area contributed by atoms with E-state index in [0.717, 1.165) is 33.8 Å². The molecule has 5 nitrogen and oxygen atoms in total. The van der Waals surface area contributed by atoms with Crippen LogP contribution in [0.15, 0.2) is 60.7 Å². The number of fused-ring (bicyclic) bond motifs is 1. The molecule has 2 heterocycles. The summed E-state index contributed by atoms with van der Waals surface area (Å²) >= 11 is 7.38. The molecule has 0 radical (unpaired) electrons. The summed E-state index contributed by atoms with van der Waals surface area (Å²) in [5.41, 5.74) is 5.49. The molecule has 0 amide bonds. The van der Waals surface area contributed by atoms with Crippen molar-refractivity contribution in [2.24, 2.45) is 0 Å². The third-order valence-corrected chi connectivity index (χ3v) is 10.5. The Hall–Kier alpha value is -3.31. The monoisotopic (exact) mass is 620 g/mol. The van der Waals surface area contributed by atoms with Crippen molar-refractivity contribution >= 4 is 48.1 Å². The van der Waals surface area contributed by atoms with Gasteiger partial charge in [-0.3, -0.25) is 4.79 Å². The molecule has 1 aliphatic heterocycles. The molecule has 4 aromatic rings. The Balaban J connectivity index is 1.31. The van der Waals surface area contributed by atoms with Gasteiger partial charge in [0.25, 0.3) is 0 Å². The van der Waals surface area contributed by atoms with Crippen molar-refractivity contribution in [1.29, 1.82) is 0 Å². The number of halogens is 1. The summed E-state index contributed by atoms with van der Waals surface area (Å²) in [4.78, 5) is 12.7. The third-order valence-electron chi connectivity index (χ3n) is 7.57. The minimum atomic E-state index is -2.92. The number of ether oxygens (including phenoxy) is 2. The van der Waals surface area contributed by atoms with Crippen LogP contribution < -0.4 is 9.47 Å². The van der Waals surface area contributed by atoms with E-state index in [2.05, 4.69) is 56.0 Å². The zero-order chi connectivity index (χ0) is 29.9. The van der Waals surface area contributed by atoms with Crippen molar-refractivity contribution in [1.82, 2.24) is 0 Å². The van der Waals surface area contributed by atoms with Gasteiger partial charge in [0.05, 0.1) is 17.4 Å². The number of aryl methyl sites for hydroxylation is 2. The first-order chi connectivity index (χ1) is 20.1. The number of carbonyl (C=O) groups excluding carboxylic acids is 1. The SMILES string of the molecule is CC#C[C@@H](CC(=O)Cl)c1ccc(OCc2ccc3sc(C)c(-c4ccc(OC5CCS(=O)(=O)CC5)cc4C)c3c2)cc1. The second kappa shape index (κ2) is 12.9. The molecule has 3 aromatic carbocycles. The molecule has 1 fully saturated rings. The normalized spacial score (nSPS) is 15.5. The molecule has 0 spiro atoms. The summed E-state index contributed by atoms with van der Waals surface area (Å²) in [6.45, 7) is 6.41. The average molecular weight is 621 g/mol. The summed E-state index contributed by atoms with van der Waals surface area (Å²) in [6.07, 6.45) is 1.18. The van der Waals surface area contributed by atoms with E-state index in [1.54, 1.807) is 18.3 Å². The van der Waals surface area contributed by atoms with E-state index in [4.69, 9.17) is 21.1 Å². The van der Waals surface area contributed by atoms with Gasteiger partial charge in [-0.25, -0.2) is 8.42 Å². The number of hydrogen-bond acceptors (Lipinski definition) is 6. The van der Waals surface area contributed by atoms with E-state index >= 15 is 0 Å². The van der Waals surface area contributed by atoms with Crippen LogP contribution in [-0.2, 0) is 21.2 Å². The van der Waals surface area contributed by atoms with Crippen LogP contribution >= 0.6 is 22.9 Å². The minimum Gasteiger partial charge on any atom is -0.490 e. The molecule has 1 atom stereocenters. The molecule has 5 rings (SSSR count). The molecule has 218 valence electrons. The Kier molecular flexibility index (Phi) is 9.27. The van der Waals surface area contributed by atoms with Crippen molar-refractivity contribution in [3.05, 3.63) is 82.2 Å². The summed E-state index contributed by atoms with van der Waals surface area (Å²) < 4.78 is 37.0. The number of rotatable bonds is 9. The first-order valence-electron chi connectivity index (χ1n) is 14.0. The third kappa shape index (κ3) is 7.18. The van der Waals surface area contributed by atoms with Crippen LogP contribution in [0.5, 0.6) is 11.5 Å². The molecule has 0 saturated carbocycles. The zero-order valence-electron chi connectivity index (χ0n) is 23.9. The molecule has 8 heteroatoms. The summed E-state index contributed by atoms with van der Waals surface area (Å²) in [5, 5.41) is 0.787. The maximum Gasteiger partial charge on any atom is 0.223 e. The lowest BCUT2D eigenvalue weighted by molar-refractivity contribution is -0.111. The highest BCUT2D eigenvalue weighted by Gasteiger charge is 2.25. The number of hydrogen-bond donors (Lipinski definition) is 0. The standard InChI is InChI=1S/C34H33ClO5S2/c1-4-5-26(20-33(35)36)25-7-9-27(10-8-25)39-21-24-6-13-32-31(19-24)34(23(3)41-32)30-12-11-29(18-22(30)2)40-28-14-16-42(37,38)17-15-28/h6-13,18-19,26,28H,14-17,20-21H2,1-3H3/t26-/m0/s1. The first kappa shape index (κ1) is 30.2. The van der Waals surface area contributed by atoms with Gasteiger partial charge in [0.1, 0.15) is 24.2 Å². The van der Waals surface area contributed by atoms with Gasteiger partial charge in [0.2, 0.25) is 5.24 Å². The Morgan fingerprint density at radius 3 is 2.40 bits per heavy atom. The summed E-state index contributed by atoms with van der Waals surface area (Å²) in [7, 11) is -2.92. The van der Waals surface area contributed by atoms with E-state index in [9.17, 15) is 13.2 Å². The van der Waals surface area contributed by atoms with Crippen molar-refractivity contribution in [3.8, 4) is 34.5 Å². The quantitative estimate of drug-likeness (QED) is 0.140. The zero-order valence-corrected chi connectivity index (χ0v) is 26.3. The smallest absolute Gasteiger partial charge is 0.223 e. The van der Waals surface area contributed by atoms with Crippen molar-refractivity contribution in [2.45, 2.75) is 58.7 Å². The van der Waals surface area contributed by atoms with E-state index in [1.165, 1.54) is 20.5 Å². The molecule has 0 aliphatic carbocycles. The lowest BCUT2D eigenvalue weighted by Gasteiger charge is -2.23. The molecule has 1 aromatic heterocycles. The van der Waals surface area contributed by atoms with Gasteiger partial charge in [-0.1, -0.05) is 30.2 Å². The largest absolute Gasteiger partial charge is 0.490 e. The summed E-state index contributed by atoms with van der Waals surface area (Å²) in [5.74, 6) is 7.60. The Morgan fingerprint density at radius 1 is 1.02 bits per heavy atom. The van der Waals surface area contributed by atoms with Crippen LogP contribution in [0, 0.1) is 25.7 Å². The van der Waals surface area contributed by atoms with Crippen molar-refractivity contribution in [3.63, 3.8) is 0 Å². The Labute approximate surface area is 256 Å². The van der Waals surface area contributed by atoms with E-state index in [1.807, 2.05) is 30.3 Å². The van der Waals surface area contributed by atoms with Gasteiger partial charge >= 0.3 is 0 Å². The molecule has 1 aliphatic rings. The van der Waals surface area contributed by atoms with Crippen LogP contribution in [0.3, 0.4) is 0 Å². The van der Waals surface area contributed by atoms with E-state index in [-0.39, 0.29) is 29.9 Å². The second-order valence-electron chi connectivity index (χ2n) is 10.7. The predicted octanol–water partition coefficient (Wildman–Crippen LogP) is 7.98. The van der Waals surface area contributed by atoms with Crippen LogP contribution in [0.4, 0.5) is 0 Å². The number of thiophene rings is 1. The van der Waals surface area contributed by atoms with Gasteiger partial charge in [0.15, 0.2) is 9.84 Å². The molecule has 0 N–H and O–H groups in total. The number of carbonyl (C=O) groups is 1. The van der Waals surface area contributed by atoms with Gasteiger partial charge in [-0.05, 0) is 104 Å². The highest BCUT2D eigenvalue weighted by molar-refractivity contribution is 7.91. The molecule has 0 unspecified atom stereocenters. The maximum absolute atomic E-state index is 11.8. The topological polar surface area (TPSA) is 69.7 Å². The highest BCUT2D eigenvalue weighted by Crippen LogP contribution is 2.41. The van der Waals surface area contributed by atoms with Gasteiger partial charge in [0, 0.05) is 26.9 Å². The second-order valence-corrected chi connectivity index (χ2v) is 14.7. The van der Waals surface area contributed by atoms with Crippen LogP contribution in [-0.4, -0.2) is 31.3 Å². The first-order valence-corrected chi connectivity index (χ1v) is 17.0. The molecular formula is C34H33ClO5S2. The van der Waals surface area contributed by atoms with Crippen molar-refractivity contribution in [2.75, 3.05) is 11.5 Å². The molecular weight excluding hydrogens is 588 g/mol. The molecule has 1 saturated heterocycles. The fraction of sp³-hybridized carbons (Fsp3) is 0.324. The fourth-order valence-electron chi connectivity index (χ4n) is 5.41. The number of sulfone groups is 1. The van der Waals surface area contributed by atoms with Gasteiger partial charge in [-0.15, -0.1) is 17.3 Å². The van der Waals surface area contributed by atoms with Crippen LogP contribution in [0.2, 0.25) is 0 Å². The lowest BCUT2D eigenvalue weighted by atomic mass is 9.96. The van der Waals surface area contributed by atoms with Crippen LogP contribution in [0.25, 0.3) is 21.2 Å². The lowest BCUT2D eigenvalue weighted by Crippen LogP contribution is -2.30. The number of benzene rings is 3. The Bertz CT molecular complexity index is 1760. The fourth-order valence-corrected chi connectivity index (χ4v) is 8.07. The van der Waals surface area contributed by atoms with Crippen molar-refractivity contribution < 1.29 is 22.7 Å². The summed E-state index contributed by atoms with van der Waals surface area (Å²) in [6, 6.07) is 20.3. The highest BCUT2D eigenvalue weighted by atomic mass is 35.5. The van der Waals surface area contributed by atoms with Gasteiger partial charge < -0.3 is 9.47 Å². The van der Waals surface area contributed by atoms with Gasteiger partial charge in [-0.2, -0.15) is 0 Å². The van der Waals surface area contributed by atoms with Crippen LogP contribution in [0.1, 0.15) is 53.7 Å². The minimum absolute atomic E-state index is 0.0671.